The normalized spacial score (nSPS) is 16.6. The molecule has 156 valence electrons. The average molecular weight is 405 g/mol. The van der Waals surface area contributed by atoms with E-state index in [1.165, 1.54) is 6.92 Å². The summed E-state index contributed by atoms with van der Waals surface area (Å²) in [5.74, 6) is -3.40. The van der Waals surface area contributed by atoms with E-state index in [1.807, 2.05) is 6.92 Å². The third kappa shape index (κ3) is 8.17. The highest BCUT2D eigenvalue weighted by Gasteiger charge is 2.33. The van der Waals surface area contributed by atoms with Crippen LogP contribution in [0.15, 0.2) is 0 Å². The summed E-state index contributed by atoms with van der Waals surface area (Å²) in [7, 11) is 0. The molecule has 0 bridgehead atoms. The zero-order valence-electron chi connectivity index (χ0n) is 16.5. The van der Waals surface area contributed by atoms with Crippen LogP contribution in [-0.2, 0) is 19.2 Å². The number of amides is 3. The molecule has 0 aliphatic rings. The minimum Gasteiger partial charge on any atom is -0.480 e. The van der Waals surface area contributed by atoms with Crippen molar-refractivity contribution in [2.45, 2.75) is 65.2 Å². The number of carboxylic acids is 1. The van der Waals surface area contributed by atoms with E-state index >= 15 is 0 Å². The van der Waals surface area contributed by atoms with Crippen molar-refractivity contribution in [3.8, 4) is 0 Å². The predicted octanol–water partition coefficient (Wildman–Crippen LogP) is -0.495. The SMILES string of the molecule is CCC(C)C(NC(=O)C(C)N)C(=O)NC(C(=O)NC(CS)C(=O)O)C(C)C. The highest BCUT2D eigenvalue weighted by molar-refractivity contribution is 7.80. The lowest BCUT2D eigenvalue weighted by molar-refractivity contribution is -0.142. The number of nitrogens with two attached hydrogens (primary N) is 1. The molecule has 10 heteroatoms. The Morgan fingerprint density at radius 2 is 1.41 bits per heavy atom. The topological polar surface area (TPSA) is 151 Å². The summed E-state index contributed by atoms with van der Waals surface area (Å²) in [4.78, 5) is 48.2. The van der Waals surface area contributed by atoms with Crippen LogP contribution in [0.3, 0.4) is 0 Å². The monoisotopic (exact) mass is 404 g/mol. The van der Waals surface area contributed by atoms with Crippen LogP contribution in [0.2, 0.25) is 0 Å². The summed E-state index contributed by atoms with van der Waals surface area (Å²) in [6.45, 7) is 8.63. The zero-order chi connectivity index (χ0) is 21.3. The summed E-state index contributed by atoms with van der Waals surface area (Å²) in [6, 6.07) is -3.76. The molecule has 0 saturated carbocycles. The molecule has 6 N–H and O–H groups in total. The smallest absolute Gasteiger partial charge is 0.327 e. The first kappa shape index (κ1) is 25.2. The molecule has 3 amide bonds. The predicted molar refractivity (Wildman–Crippen MR) is 105 cm³/mol. The summed E-state index contributed by atoms with van der Waals surface area (Å²) >= 11 is 3.91. The molecule has 0 heterocycles. The zero-order valence-corrected chi connectivity index (χ0v) is 17.4. The Balaban J connectivity index is 5.32. The van der Waals surface area contributed by atoms with Crippen molar-refractivity contribution in [3.63, 3.8) is 0 Å². The van der Waals surface area contributed by atoms with Crippen molar-refractivity contribution in [1.82, 2.24) is 16.0 Å². The van der Waals surface area contributed by atoms with Gasteiger partial charge in [0.05, 0.1) is 6.04 Å². The van der Waals surface area contributed by atoms with Gasteiger partial charge in [0.25, 0.3) is 0 Å². The van der Waals surface area contributed by atoms with E-state index in [1.54, 1.807) is 20.8 Å². The number of hydrogen-bond donors (Lipinski definition) is 6. The standard InChI is InChI=1S/C17H32N4O5S/c1-6-9(4)13(21-14(22)10(5)18)16(24)20-12(8(2)3)15(23)19-11(7-27)17(25)26/h8-13,27H,6-7,18H2,1-5H3,(H,19,23)(H,20,24)(H,21,22)(H,25,26). The molecule has 27 heavy (non-hydrogen) atoms. The number of carbonyl (C=O) groups excluding carboxylic acids is 3. The molecule has 0 saturated heterocycles. The Bertz CT molecular complexity index is 541. The number of rotatable bonds is 11. The van der Waals surface area contributed by atoms with Gasteiger partial charge in [0.1, 0.15) is 18.1 Å². The van der Waals surface area contributed by atoms with Crippen molar-refractivity contribution in [1.29, 1.82) is 0 Å². The summed E-state index contributed by atoms with van der Waals surface area (Å²) in [5, 5.41) is 16.6. The van der Waals surface area contributed by atoms with Crippen LogP contribution in [-0.4, -0.2) is 58.7 Å². The molecule has 0 radical (unpaired) electrons. The fourth-order valence-electron chi connectivity index (χ4n) is 2.21. The molecule has 0 rings (SSSR count). The lowest BCUT2D eigenvalue weighted by Crippen LogP contribution is -2.59. The van der Waals surface area contributed by atoms with E-state index in [2.05, 4.69) is 28.6 Å². The van der Waals surface area contributed by atoms with E-state index < -0.39 is 47.9 Å². The summed E-state index contributed by atoms with van der Waals surface area (Å²) in [5.41, 5.74) is 5.55. The van der Waals surface area contributed by atoms with Gasteiger partial charge in [-0.1, -0.05) is 34.1 Å². The molecular formula is C17H32N4O5S. The van der Waals surface area contributed by atoms with Crippen molar-refractivity contribution >= 4 is 36.3 Å². The van der Waals surface area contributed by atoms with Crippen molar-refractivity contribution in [2.75, 3.05) is 5.75 Å². The number of thiol groups is 1. The maximum Gasteiger partial charge on any atom is 0.327 e. The van der Waals surface area contributed by atoms with E-state index in [0.29, 0.717) is 6.42 Å². The number of carboxylic acid groups (broad SMARTS) is 1. The molecule has 0 aromatic rings. The van der Waals surface area contributed by atoms with Crippen molar-refractivity contribution < 1.29 is 24.3 Å². The number of nitrogens with one attached hydrogen (secondary N) is 3. The first-order valence-corrected chi connectivity index (χ1v) is 9.59. The Labute approximate surface area is 165 Å². The summed E-state index contributed by atoms with van der Waals surface area (Å²) < 4.78 is 0. The Morgan fingerprint density at radius 3 is 1.78 bits per heavy atom. The van der Waals surface area contributed by atoms with Gasteiger partial charge in [-0.25, -0.2) is 4.79 Å². The van der Waals surface area contributed by atoms with Gasteiger partial charge < -0.3 is 26.8 Å². The van der Waals surface area contributed by atoms with Crippen molar-refractivity contribution in [2.24, 2.45) is 17.6 Å². The average Bonchev–Trinajstić information content (AvgIpc) is 2.59. The minimum atomic E-state index is -1.21. The lowest BCUT2D eigenvalue weighted by atomic mass is 9.96. The van der Waals surface area contributed by atoms with Crippen molar-refractivity contribution in [3.05, 3.63) is 0 Å². The quantitative estimate of drug-likeness (QED) is 0.256. The number of aliphatic carboxylic acids is 1. The number of carbonyl (C=O) groups is 4. The molecule has 9 nitrogen and oxygen atoms in total. The molecule has 5 atom stereocenters. The van der Waals surface area contributed by atoms with Gasteiger partial charge in [0, 0.05) is 5.75 Å². The third-order valence-corrected chi connectivity index (χ3v) is 4.62. The largest absolute Gasteiger partial charge is 0.480 e. The highest BCUT2D eigenvalue weighted by atomic mass is 32.1. The first-order chi connectivity index (χ1) is 12.5. The highest BCUT2D eigenvalue weighted by Crippen LogP contribution is 2.10. The molecular weight excluding hydrogens is 372 g/mol. The molecule has 0 aliphatic carbocycles. The van der Waals surface area contributed by atoms with Gasteiger partial charge in [-0.2, -0.15) is 12.6 Å². The first-order valence-electron chi connectivity index (χ1n) is 8.96. The maximum atomic E-state index is 12.7. The van der Waals surface area contributed by atoms with Crippen LogP contribution >= 0.6 is 12.6 Å². The van der Waals surface area contributed by atoms with E-state index in [4.69, 9.17) is 10.8 Å². The van der Waals surface area contributed by atoms with Crippen LogP contribution in [0.1, 0.15) is 41.0 Å². The second-order valence-corrected chi connectivity index (χ2v) is 7.34. The second-order valence-electron chi connectivity index (χ2n) is 6.97. The van der Waals surface area contributed by atoms with Gasteiger partial charge in [-0.3, -0.25) is 14.4 Å². The number of hydrogen-bond acceptors (Lipinski definition) is 6. The van der Waals surface area contributed by atoms with Crippen LogP contribution in [0, 0.1) is 11.8 Å². The maximum absolute atomic E-state index is 12.7. The molecule has 0 aliphatic heterocycles. The van der Waals surface area contributed by atoms with Crippen LogP contribution in [0.4, 0.5) is 0 Å². The fraction of sp³-hybridized carbons (Fsp3) is 0.765. The van der Waals surface area contributed by atoms with Crippen LogP contribution in [0.25, 0.3) is 0 Å². The molecule has 0 spiro atoms. The van der Waals surface area contributed by atoms with E-state index in [-0.39, 0.29) is 17.6 Å². The van der Waals surface area contributed by atoms with E-state index in [9.17, 15) is 19.2 Å². The van der Waals surface area contributed by atoms with Gasteiger partial charge >= 0.3 is 5.97 Å². The Morgan fingerprint density at radius 1 is 0.926 bits per heavy atom. The van der Waals surface area contributed by atoms with Gasteiger partial charge in [-0.05, 0) is 18.8 Å². The minimum absolute atomic E-state index is 0.0836. The molecule has 0 aromatic heterocycles. The van der Waals surface area contributed by atoms with Gasteiger partial charge in [0.2, 0.25) is 17.7 Å². The van der Waals surface area contributed by atoms with Crippen LogP contribution < -0.4 is 21.7 Å². The fourth-order valence-corrected chi connectivity index (χ4v) is 2.46. The molecule has 0 fully saturated rings. The third-order valence-electron chi connectivity index (χ3n) is 4.25. The Hall–Kier alpha value is -1.81. The molecule has 0 aromatic carbocycles. The van der Waals surface area contributed by atoms with Gasteiger partial charge in [-0.15, -0.1) is 0 Å². The van der Waals surface area contributed by atoms with Crippen LogP contribution in [0.5, 0.6) is 0 Å². The Kier molecular flexibility index (Phi) is 11.0. The lowest BCUT2D eigenvalue weighted by Gasteiger charge is -2.29. The second kappa shape index (κ2) is 11.8. The van der Waals surface area contributed by atoms with E-state index in [0.717, 1.165) is 0 Å². The molecule has 5 unspecified atom stereocenters. The van der Waals surface area contributed by atoms with Gasteiger partial charge in [0.15, 0.2) is 0 Å². The summed E-state index contributed by atoms with van der Waals surface area (Å²) in [6.07, 6.45) is 0.622.